The van der Waals surface area contributed by atoms with Crippen LogP contribution in [0.15, 0.2) is 29.6 Å². The molecule has 0 fully saturated rings. The molecule has 0 radical (unpaired) electrons. The Morgan fingerprint density at radius 1 is 1.24 bits per heavy atom. The van der Waals surface area contributed by atoms with E-state index in [0.29, 0.717) is 0 Å². The van der Waals surface area contributed by atoms with Gasteiger partial charge in [-0.05, 0) is 61.2 Å². The van der Waals surface area contributed by atoms with Gasteiger partial charge in [-0.3, -0.25) is 0 Å². The summed E-state index contributed by atoms with van der Waals surface area (Å²) in [5, 5.41) is 5.37. The zero-order valence-corrected chi connectivity index (χ0v) is 11.1. The van der Waals surface area contributed by atoms with Gasteiger partial charge in [0, 0.05) is 4.88 Å². The largest absolute Gasteiger partial charge is 0.309 e. The van der Waals surface area contributed by atoms with E-state index in [1.54, 1.807) is 23.5 Å². The Morgan fingerprint density at radius 3 is 2.35 bits per heavy atom. The summed E-state index contributed by atoms with van der Waals surface area (Å²) in [7, 11) is 1.94. The molecule has 0 spiro atoms. The molecule has 1 N–H and O–H groups in total. The van der Waals surface area contributed by atoms with Crippen LogP contribution in [0.5, 0.6) is 0 Å². The summed E-state index contributed by atoms with van der Waals surface area (Å²) in [6.07, 6.45) is 0. The Labute approximate surface area is 105 Å². The van der Waals surface area contributed by atoms with Crippen molar-refractivity contribution in [1.82, 2.24) is 5.32 Å². The van der Waals surface area contributed by atoms with E-state index >= 15 is 0 Å². The average Bonchev–Trinajstić information content (AvgIpc) is 2.76. The van der Waals surface area contributed by atoms with Crippen LogP contribution in [0, 0.1) is 19.7 Å². The van der Waals surface area contributed by atoms with E-state index in [9.17, 15) is 4.39 Å². The number of thiophene rings is 1. The maximum Gasteiger partial charge on any atom is 0.123 e. The number of nitrogens with one attached hydrogen (secondary N) is 1. The minimum atomic E-state index is -0.162. The summed E-state index contributed by atoms with van der Waals surface area (Å²) >= 11 is 1.72. The third-order valence-corrected chi connectivity index (χ3v) is 3.90. The average molecular weight is 249 g/mol. The van der Waals surface area contributed by atoms with E-state index in [1.165, 1.54) is 10.4 Å². The van der Waals surface area contributed by atoms with Gasteiger partial charge in [-0.25, -0.2) is 4.39 Å². The van der Waals surface area contributed by atoms with Crippen LogP contribution in [0.4, 0.5) is 4.39 Å². The van der Waals surface area contributed by atoms with E-state index in [0.717, 1.165) is 11.1 Å². The molecule has 2 rings (SSSR count). The van der Waals surface area contributed by atoms with Crippen molar-refractivity contribution >= 4 is 11.3 Å². The van der Waals surface area contributed by atoms with E-state index in [1.807, 2.05) is 27.0 Å². The third kappa shape index (κ3) is 2.40. The lowest BCUT2D eigenvalue weighted by atomic mass is 9.95. The maximum atomic E-state index is 13.3. The molecule has 90 valence electrons. The zero-order chi connectivity index (χ0) is 12.4. The van der Waals surface area contributed by atoms with Crippen LogP contribution in [0.2, 0.25) is 0 Å². The molecule has 1 heterocycles. The van der Waals surface area contributed by atoms with Gasteiger partial charge in [-0.2, -0.15) is 0 Å². The molecular formula is C14H16FNS. The van der Waals surface area contributed by atoms with Crippen LogP contribution >= 0.6 is 11.3 Å². The van der Waals surface area contributed by atoms with Gasteiger partial charge < -0.3 is 5.32 Å². The standard InChI is InChI=1S/C14H16FNS/c1-9-7-11(15)8-10(2)13(9)14(16-3)12-5-4-6-17-12/h4-8,14,16H,1-3H3. The van der Waals surface area contributed by atoms with Gasteiger partial charge >= 0.3 is 0 Å². The molecule has 0 saturated carbocycles. The smallest absolute Gasteiger partial charge is 0.123 e. The Bertz CT molecular complexity index is 482. The lowest BCUT2D eigenvalue weighted by Crippen LogP contribution is -2.19. The second kappa shape index (κ2) is 4.98. The van der Waals surface area contributed by atoms with Crippen molar-refractivity contribution in [3.8, 4) is 0 Å². The van der Waals surface area contributed by atoms with Gasteiger partial charge in [0.15, 0.2) is 0 Å². The fourth-order valence-electron chi connectivity index (χ4n) is 2.26. The molecule has 0 aliphatic rings. The fraction of sp³-hybridized carbons (Fsp3) is 0.286. The van der Waals surface area contributed by atoms with Crippen LogP contribution < -0.4 is 5.32 Å². The Hall–Kier alpha value is -1.19. The Balaban J connectivity index is 2.52. The number of hydrogen-bond acceptors (Lipinski definition) is 2. The number of hydrogen-bond donors (Lipinski definition) is 1. The molecule has 3 heteroatoms. The second-order valence-electron chi connectivity index (χ2n) is 4.19. The van der Waals surface area contributed by atoms with Crippen molar-refractivity contribution in [2.45, 2.75) is 19.9 Å². The van der Waals surface area contributed by atoms with Gasteiger partial charge in [0.1, 0.15) is 5.82 Å². The quantitative estimate of drug-likeness (QED) is 0.872. The summed E-state index contributed by atoms with van der Waals surface area (Å²) in [6, 6.07) is 7.49. The Kier molecular flexibility index (Phi) is 3.60. The summed E-state index contributed by atoms with van der Waals surface area (Å²) in [5.41, 5.74) is 3.17. The molecule has 17 heavy (non-hydrogen) atoms. The van der Waals surface area contributed by atoms with Gasteiger partial charge in [-0.1, -0.05) is 6.07 Å². The van der Waals surface area contributed by atoms with E-state index in [4.69, 9.17) is 0 Å². The highest BCUT2D eigenvalue weighted by Gasteiger charge is 2.18. The zero-order valence-electron chi connectivity index (χ0n) is 10.3. The van der Waals surface area contributed by atoms with Crippen molar-refractivity contribution in [2.24, 2.45) is 0 Å². The number of benzene rings is 1. The number of halogens is 1. The van der Waals surface area contributed by atoms with Gasteiger partial charge in [0.25, 0.3) is 0 Å². The topological polar surface area (TPSA) is 12.0 Å². The first-order chi connectivity index (χ1) is 8.13. The molecule has 0 saturated heterocycles. The van der Waals surface area contributed by atoms with Crippen molar-refractivity contribution in [1.29, 1.82) is 0 Å². The predicted octanol–water partition coefficient (Wildman–Crippen LogP) is 3.81. The molecule has 0 amide bonds. The lowest BCUT2D eigenvalue weighted by molar-refractivity contribution is 0.619. The van der Waals surface area contributed by atoms with Crippen molar-refractivity contribution in [3.63, 3.8) is 0 Å². The molecule has 1 atom stereocenters. The summed E-state index contributed by atoms with van der Waals surface area (Å²) in [4.78, 5) is 1.25. The van der Waals surface area contributed by atoms with Gasteiger partial charge in [-0.15, -0.1) is 11.3 Å². The van der Waals surface area contributed by atoms with Crippen LogP contribution in [0.1, 0.15) is 27.6 Å². The van der Waals surface area contributed by atoms with E-state index < -0.39 is 0 Å². The molecule has 1 aromatic carbocycles. The second-order valence-corrected chi connectivity index (χ2v) is 5.17. The highest BCUT2D eigenvalue weighted by molar-refractivity contribution is 7.10. The highest BCUT2D eigenvalue weighted by atomic mass is 32.1. The normalized spacial score (nSPS) is 12.7. The van der Waals surface area contributed by atoms with Gasteiger partial charge in [0.2, 0.25) is 0 Å². The lowest BCUT2D eigenvalue weighted by Gasteiger charge is -2.20. The Morgan fingerprint density at radius 2 is 1.88 bits per heavy atom. The third-order valence-electron chi connectivity index (χ3n) is 2.96. The van der Waals surface area contributed by atoms with Crippen LogP contribution in [-0.4, -0.2) is 7.05 Å². The first kappa shape index (κ1) is 12.3. The highest BCUT2D eigenvalue weighted by Crippen LogP contribution is 2.30. The van der Waals surface area contributed by atoms with Crippen LogP contribution in [-0.2, 0) is 0 Å². The molecular weight excluding hydrogens is 233 g/mol. The predicted molar refractivity (Wildman–Crippen MR) is 71.1 cm³/mol. The molecule has 0 aliphatic carbocycles. The maximum absolute atomic E-state index is 13.3. The van der Waals surface area contributed by atoms with Crippen molar-refractivity contribution in [3.05, 3.63) is 57.0 Å². The van der Waals surface area contributed by atoms with E-state index in [2.05, 4.69) is 16.8 Å². The minimum Gasteiger partial charge on any atom is -0.309 e. The first-order valence-electron chi connectivity index (χ1n) is 5.60. The summed E-state index contributed by atoms with van der Waals surface area (Å²) in [5.74, 6) is -0.162. The number of rotatable bonds is 3. The first-order valence-corrected chi connectivity index (χ1v) is 6.48. The monoisotopic (exact) mass is 249 g/mol. The van der Waals surface area contributed by atoms with Crippen LogP contribution in [0.25, 0.3) is 0 Å². The summed E-state index contributed by atoms with van der Waals surface area (Å²) in [6.45, 7) is 3.92. The fourth-order valence-corrected chi connectivity index (χ4v) is 3.10. The van der Waals surface area contributed by atoms with Crippen molar-refractivity contribution in [2.75, 3.05) is 7.05 Å². The molecule has 0 bridgehead atoms. The molecule has 1 nitrogen and oxygen atoms in total. The minimum absolute atomic E-state index is 0.149. The van der Waals surface area contributed by atoms with Crippen molar-refractivity contribution < 1.29 is 4.39 Å². The summed E-state index contributed by atoms with van der Waals surface area (Å²) < 4.78 is 13.3. The molecule has 2 aromatic rings. The SMILES string of the molecule is CNC(c1cccs1)c1c(C)cc(F)cc1C. The van der Waals surface area contributed by atoms with E-state index in [-0.39, 0.29) is 11.9 Å². The van der Waals surface area contributed by atoms with Crippen LogP contribution in [0.3, 0.4) is 0 Å². The number of aryl methyl sites for hydroxylation is 2. The molecule has 1 aromatic heterocycles. The molecule has 0 aliphatic heterocycles. The van der Waals surface area contributed by atoms with Gasteiger partial charge in [0.05, 0.1) is 6.04 Å². The molecule has 1 unspecified atom stereocenters.